The van der Waals surface area contributed by atoms with Gasteiger partial charge in [-0.3, -0.25) is 4.79 Å². The van der Waals surface area contributed by atoms with Crippen LogP contribution in [0.15, 0.2) is 42.5 Å². The van der Waals surface area contributed by atoms with Gasteiger partial charge < -0.3 is 15.2 Å². The van der Waals surface area contributed by atoms with E-state index in [4.69, 9.17) is 9.84 Å². The smallest absolute Gasteiger partial charge is 0.338 e. The van der Waals surface area contributed by atoms with Crippen molar-refractivity contribution in [3.05, 3.63) is 48.0 Å². The van der Waals surface area contributed by atoms with Crippen LogP contribution in [-0.4, -0.2) is 30.3 Å². The molecule has 0 aliphatic rings. The SMILES string of the molecule is CCC(C)(C)COC(=O)c1ccc2ccccc2c1.CCC(C)C(=O)NCO. The van der Waals surface area contributed by atoms with Crippen molar-refractivity contribution in [2.24, 2.45) is 11.3 Å². The molecule has 0 radical (unpaired) electrons. The number of rotatable bonds is 7. The van der Waals surface area contributed by atoms with E-state index in [-0.39, 0.29) is 29.9 Å². The number of hydrogen-bond donors (Lipinski definition) is 2. The standard InChI is InChI=1S/C17H20O2.C6H13NO2/c1-4-17(2,3)12-19-16(18)15-10-9-13-7-5-6-8-14(13)11-15;1-3-5(2)6(9)7-4-8/h5-11H,4,12H2,1-3H3;5,8H,3-4H2,1-2H3,(H,7,9). The topological polar surface area (TPSA) is 75.6 Å². The van der Waals surface area contributed by atoms with E-state index in [0.29, 0.717) is 12.2 Å². The Balaban J connectivity index is 0.000000370. The van der Waals surface area contributed by atoms with Crippen molar-refractivity contribution in [3.8, 4) is 0 Å². The Morgan fingerprint density at radius 2 is 1.75 bits per heavy atom. The molecule has 2 aromatic rings. The van der Waals surface area contributed by atoms with Gasteiger partial charge in [0.05, 0.1) is 12.2 Å². The first-order valence-corrected chi connectivity index (χ1v) is 9.78. The van der Waals surface area contributed by atoms with E-state index >= 15 is 0 Å². The van der Waals surface area contributed by atoms with Crippen LogP contribution in [0.3, 0.4) is 0 Å². The van der Waals surface area contributed by atoms with Crippen LogP contribution >= 0.6 is 0 Å². The van der Waals surface area contributed by atoms with Gasteiger partial charge in [0.25, 0.3) is 0 Å². The molecule has 1 atom stereocenters. The van der Waals surface area contributed by atoms with Gasteiger partial charge in [-0.25, -0.2) is 4.79 Å². The molecule has 0 aromatic heterocycles. The lowest BCUT2D eigenvalue weighted by molar-refractivity contribution is -0.125. The minimum Gasteiger partial charge on any atom is -0.462 e. The van der Waals surface area contributed by atoms with Crippen molar-refractivity contribution in [2.45, 2.75) is 47.5 Å². The normalized spacial score (nSPS) is 11.9. The van der Waals surface area contributed by atoms with Crippen LogP contribution in [0.4, 0.5) is 0 Å². The molecular weight excluding hydrogens is 354 g/mol. The molecule has 0 bridgehead atoms. The summed E-state index contributed by atoms with van der Waals surface area (Å²) in [6.07, 6.45) is 1.80. The summed E-state index contributed by atoms with van der Waals surface area (Å²) in [5, 5.41) is 12.8. The highest BCUT2D eigenvalue weighted by Crippen LogP contribution is 2.21. The van der Waals surface area contributed by atoms with Crippen LogP contribution < -0.4 is 5.32 Å². The number of aliphatic hydroxyl groups excluding tert-OH is 1. The first kappa shape index (κ1) is 23.6. The number of esters is 1. The zero-order chi connectivity index (χ0) is 21.2. The fourth-order valence-corrected chi connectivity index (χ4v) is 2.20. The number of hydrogen-bond acceptors (Lipinski definition) is 4. The summed E-state index contributed by atoms with van der Waals surface area (Å²) in [4.78, 5) is 22.7. The molecule has 1 unspecified atom stereocenters. The molecule has 1 amide bonds. The monoisotopic (exact) mass is 387 g/mol. The van der Waals surface area contributed by atoms with E-state index in [0.717, 1.165) is 23.6 Å². The third kappa shape index (κ3) is 7.69. The number of benzene rings is 2. The Morgan fingerprint density at radius 3 is 2.32 bits per heavy atom. The van der Waals surface area contributed by atoms with Crippen molar-refractivity contribution in [3.63, 3.8) is 0 Å². The molecule has 2 N–H and O–H groups in total. The van der Waals surface area contributed by atoms with Crippen LogP contribution in [0.2, 0.25) is 0 Å². The molecule has 0 saturated heterocycles. The third-order valence-corrected chi connectivity index (χ3v) is 4.85. The van der Waals surface area contributed by atoms with E-state index < -0.39 is 0 Å². The molecule has 2 rings (SSSR count). The lowest BCUT2D eigenvalue weighted by Crippen LogP contribution is -2.29. The predicted molar refractivity (Wildman–Crippen MR) is 113 cm³/mol. The Labute approximate surface area is 168 Å². The van der Waals surface area contributed by atoms with Crippen molar-refractivity contribution >= 4 is 22.6 Å². The zero-order valence-corrected chi connectivity index (χ0v) is 17.6. The van der Waals surface area contributed by atoms with Gasteiger partial charge in [-0.15, -0.1) is 0 Å². The molecule has 0 aliphatic heterocycles. The molecule has 5 nitrogen and oxygen atoms in total. The molecule has 0 fully saturated rings. The molecule has 0 saturated carbocycles. The number of amides is 1. The quantitative estimate of drug-likeness (QED) is 0.540. The first-order valence-electron chi connectivity index (χ1n) is 9.78. The van der Waals surface area contributed by atoms with Crippen molar-refractivity contribution in [1.82, 2.24) is 5.32 Å². The highest BCUT2D eigenvalue weighted by Gasteiger charge is 2.18. The summed E-state index contributed by atoms with van der Waals surface area (Å²) in [5.41, 5.74) is 0.651. The Bertz CT molecular complexity index is 770. The van der Waals surface area contributed by atoms with Crippen molar-refractivity contribution in [2.75, 3.05) is 13.3 Å². The number of nitrogens with one attached hydrogen (secondary N) is 1. The fourth-order valence-electron chi connectivity index (χ4n) is 2.20. The highest BCUT2D eigenvalue weighted by molar-refractivity contribution is 5.95. The van der Waals surface area contributed by atoms with Crippen LogP contribution in [0.5, 0.6) is 0 Å². The summed E-state index contributed by atoms with van der Waals surface area (Å²) in [5.74, 6) is -0.315. The second kappa shape index (κ2) is 11.4. The van der Waals surface area contributed by atoms with Gasteiger partial charge in [0.2, 0.25) is 5.91 Å². The number of carbonyl (C=O) groups is 2. The fraction of sp³-hybridized carbons (Fsp3) is 0.478. The maximum absolute atomic E-state index is 12.0. The number of carbonyl (C=O) groups excluding carboxylic acids is 2. The van der Waals surface area contributed by atoms with E-state index in [2.05, 4.69) is 26.1 Å². The molecule has 0 aliphatic carbocycles. The van der Waals surface area contributed by atoms with Gasteiger partial charge in [0.15, 0.2) is 0 Å². The van der Waals surface area contributed by atoms with E-state index in [9.17, 15) is 9.59 Å². The third-order valence-electron chi connectivity index (χ3n) is 4.85. The van der Waals surface area contributed by atoms with Gasteiger partial charge in [-0.05, 0) is 41.2 Å². The number of aliphatic hydroxyl groups is 1. The minimum atomic E-state index is -0.261. The van der Waals surface area contributed by atoms with Gasteiger partial charge in [0, 0.05) is 5.92 Å². The average Bonchev–Trinajstić information content (AvgIpc) is 2.71. The summed E-state index contributed by atoms with van der Waals surface area (Å²) in [6, 6.07) is 13.7. The van der Waals surface area contributed by atoms with Gasteiger partial charge >= 0.3 is 5.97 Å². The molecule has 154 valence electrons. The predicted octanol–water partition coefficient (Wildman–Crippen LogP) is 4.53. The van der Waals surface area contributed by atoms with Gasteiger partial charge in [0.1, 0.15) is 6.73 Å². The first-order chi connectivity index (χ1) is 13.2. The molecule has 0 heterocycles. The molecule has 5 heteroatoms. The Morgan fingerprint density at radius 1 is 1.11 bits per heavy atom. The number of fused-ring (bicyclic) bond motifs is 1. The van der Waals surface area contributed by atoms with Crippen molar-refractivity contribution < 1.29 is 19.4 Å². The maximum Gasteiger partial charge on any atom is 0.338 e. The summed E-state index contributed by atoms with van der Waals surface area (Å²) < 4.78 is 5.39. The van der Waals surface area contributed by atoms with Gasteiger partial charge in [-0.2, -0.15) is 0 Å². The largest absolute Gasteiger partial charge is 0.462 e. The second-order valence-electron chi connectivity index (χ2n) is 7.66. The lowest BCUT2D eigenvalue weighted by Gasteiger charge is -2.21. The van der Waals surface area contributed by atoms with E-state index in [1.54, 1.807) is 0 Å². The van der Waals surface area contributed by atoms with Crippen LogP contribution in [0.1, 0.15) is 57.8 Å². The second-order valence-corrected chi connectivity index (χ2v) is 7.66. The zero-order valence-electron chi connectivity index (χ0n) is 17.6. The summed E-state index contributed by atoms with van der Waals surface area (Å²) in [7, 11) is 0. The molecular formula is C23H33NO4. The lowest BCUT2D eigenvalue weighted by atomic mass is 9.92. The van der Waals surface area contributed by atoms with E-state index in [1.807, 2.05) is 56.3 Å². The number of ether oxygens (including phenoxy) is 1. The molecule has 2 aromatic carbocycles. The van der Waals surface area contributed by atoms with E-state index in [1.165, 1.54) is 0 Å². The van der Waals surface area contributed by atoms with Crippen LogP contribution in [0, 0.1) is 11.3 Å². The minimum absolute atomic E-state index is 0.0112. The molecule has 28 heavy (non-hydrogen) atoms. The Hall–Kier alpha value is -2.40. The van der Waals surface area contributed by atoms with Crippen LogP contribution in [-0.2, 0) is 9.53 Å². The highest BCUT2D eigenvalue weighted by atomic mass is 16.5. The maximum atomic E-state index is 12.0. The van der Waals surface area contributed by atoms with Crippen LogP contribution in [0.25, 0.3) is 10.8 Å². The van der Waals surface area contributed by atoms with Gasteiger partial charge in [-0.1, -0.05) is 65.0 Å². The summed E-state index contributed by atoms with van der Waals surface area (Å²) in [6.45, 7) is 10.2. The van der Waals surface area contributed by atoms with Crippen molar-refractivity contribution in [1.29, 1.82) is 0 Å². The Kier molecular flexibility index (Phi) is 9.66. The average molecular weight is 388 g/mol. The summed E-state index contributed by atoms with van der Waals surface area (Å²) >= 11 is 0. The molecule has 0 spiro atoms.